The second-order valence-corrected chi connectivity index (χ2v) is 5.63. The molecular weight excluding hydrogens is 310 g/mol. The Kier molecular flexibility index (Phi) is 13.6. The molecule has 130 valence electrons. The SMILES string of the molecule is CCOC(C)[N+](C)(C)Cc1ccccc1.O.[Cl-].c1ccccc1. The third kappa shape index (κ3) is 10.1. The standard InChI is InChI=1S/C13H22NO.C6H6.ClH.H2O/c1-5-15-12(2)14(3,4)11-13-9-7-6-8-10-13;1-2-4-6-5-3-1;;/h6-10,12H,5,11H2,1-4H3;1-6H;1H;1H2/q+1;;;/p-1. The van der Waals surface area contributed by atoms with Crippen LogP contribution >= 0.6 is 0 Å². The van der Waals surface area contributed by atoms with Crippen LogP contribution in [0, 0.1) is 0 Å². The van der Waals surface area contributed by atoms with E-state index in [9.17, 15) is 0 Å². The summed E-state index contributed by atoms with van der Waals surface area (Å²) in [5.74, 6) is 0. The van der Waals surface area contributed by atoms with Crippen LogP contribution in [0.5, 0.6) is 0 Å². The second-order valence-electron chi connectivity index (χ2n) is 5.63. The van der Waals surface area contributed by atoms with Crippen LogP contribution in [0.1, 0.15) is 19.4 Å². The average Bonchev–Trinajstić information content (AvgIpc) is 2.50. The number of quaternary nitrogens is 1. The molecule has 0 aliphatic heterocycles. The molecule has 0 aliphatic rings. The van der Waals surface area contributed by atoms with Gasteiger partial charge in [-0.2, -0.15) is 0 Å². The molecule has 1 unspecified atom stereocenters. The van der Waals surface area contributed by atoms with Gasteiger partial charge in [0.1, 0.15) is 6.54 Å². The molecular formula is C19H30ClNO2. The van der Waals surface area contributed by atoms with Crippen molar-refractivity contribution in [3.05, 3.63) is 72.3 Å². The van der Waals surface area contributed by atoms with Crippen LogP contribution in [0.3, 0.4) is 0 Å². The first kappa shape index (κ1) is 23.9. The number of halogens is 1. The first-order chi connectivity index (χ1) is 10.1. The molecule has 4 heteroatoms. The van der Waals surface area contributed by atoms with Crippen molar-refractivity contribution < 1.29 is 27.1 Å². The summed E-state index contributed by atoms with van der Waals surface area (Å²) in [4.78, 5) is 0. The first-order valence-corrected chi connectivity index (χ1v) is 7.54. The molecule has 2 aromatic rings. The monoisotopic (exact) mass is 339 g/mol. The maximum atomic E-state index is 5.65. The molecule has 3 nitrogen and oxygen atoms in total. The average molecular weight is 340 g/mol. The highest BCUT2D eigenvalue weighted by molar-refractivity contribution is 5.13. The number of hydrogen-bond acceptors (Lipinski definition) is 1. The Labute approximate surface area is 147 Å². The van der Waals surface area contributed by atoms with E-state index in [0.717, 1.165) is 17.6 Å². The van der Waals surface area contributed by atoms with Crippen molar-refractivity contribution in [3.63, 3.8) is 0 Å². The summed E-state index contributed by atoms with van der Waals surface area (Å²) in [7, 11) is 4.40. The highest BCUT2D eigenvalue weighted by Crippen LogP contribution is 2.14. The molecule has 0 saturated carbocycles. The van der Waals surface area contributed by atoms with E-state index < -0.39 is 0 Å². The maximum Gasteiger partial charge on any atom is 0.190 e. The van der Waals surface area contributed by atoms with Crippen LogP contribution < -0.4 is 12.4 Å². The van der Waals surface area contributed by atoms with E-state index in [1.165, 1.54) is 5.56 Å². The summed E-state index contributed by atoms with van der Waals surface area (Å²) >= 11 is 0. The molecule has 2 aromatic carbocycles. The number of nitrogens with zero attached hydrogens (tertiary/aromatic N) is 1. The Hall–Kier alpha value is -1.39. The first-order valence-electron chi connectivity index (χ1n) is 7.54. The van der Waals surface area contributed by atoms with E-state index in [-0.39, 0.29) is 24.1 Å². The molecule has 23 heavy (non-hydrogen) atoms. The van der Waals surface area contributed by atoms with Gasteiger partial charge in [0.2, 0.25) is 0 Å². The molecule has 0 fully saturated rings. The lowest BCUT2D eigenvalue weighted by Crippen LogP contribution is -3.00. The summed E-state index contributed by atoms with van der Waals surface area (Å²) in [5.41, 5.74) is 1.36. The van der Waals surface area contributed by atoms with E-state index in [1.807, 2.05) is 43.3 Å². The third-order valence-corrected chi connectivity index (χ3v) is 3.49. The lowest BCUT2D eigenvalue weighted by atomic mass is 10.2. The van der Waals surface area contributed by atoms with Crippen molar-refractivity contribution in [2.75, 3.05) is 20.7 Å². The lowest BCUT2D eigenvalue weighted by molar-refractivity contribution is -0.947. The summed E-state index contributed by atoms with van der Waals surface area (Å²) < 4.78 is 6.51. The maximum absolute atomic E-state index is 5.65. The molecule has 0 spiro atoms. The predicted molar refractivity (Wildman–Crippen MR) is 93.4 cm³/mol. The summed E-state index contributed by atoms with van der Waals surface area (Å²) in [5, 5.41) is 0. The summed E-state index contributed by atoms with van der Waals surface area (Å²) in [6.07, 6.45) is 0.232. The molecule has 2 rings (SSSR count). The summed E-state index contributed by atoms with van der Waals surface area (Å²) in [6.45, 7) is 5.95. The zero-order valence-electron chi connectivity index (χ0n) is 14.6. The molecule has 0 saturated heterocycles. The smallest absolute Gasteiger partial charge is 0.190 e. The highest BCUT2D eigenvalue weighted by Gasteiger charge is 2.24. The third-order valence-electron chi connectivity index (χ3n) is 3.49. The second kappa shape index (κ2) is 13.1. The number of hydrogen-bond donors (Lipinski definition) is 0. The van der Waals surface area contributed by atoms with Gasteiger partial charge in [-0.05, 0) is 6.92 Å². The van der Waals surface area contributed by atoms with Gasteiger partial charge in [-0.1, -0.05) is 66.7 Å². The normalized spacial score (nSPS) is 11.1. The predicted octanol–water partition coefficient (Wildman–Crippen LogP) is 0.511. The van der Waals surface area contributed by atoms with E-state index in [0.29, 0.717) is 0 Å². The van der Waals surface area contributed by atoms with Gasteiger partial charge >= 0.3 is 0 Å². The molecule has 0 bridgehead atoms. The van der Waals surface area contributed by atoms with Gasteiger partial charge in [0.25, 0.3) is 0 Å². The minimum atomic E-state index is 0. The lowest BCUT2D eigenvalue weighted by Gasteiger charge is -2.35. The minimum Gasteiger partial charge on any atom is -1.00 e. The van der Waals surface area contributed by atoms with Gasteiger partial charge in [-0.3, -0.25) is 4.48 Å². The number of ether oxygens (including phenoxy) is 1. The Bertz CT molecular complexity index is 451. The summed E-state index contributed by atoms with van der Waals surface area (Å²) in [6, 6.07) is 22.5. The van der Waals surface area contributed by atoms with E-state index in [2.05, 4.69) is 51.4 Å². The largest absolute Gasteiger partial charge is 1.00 e. The minimum absolute atomic E-state index is 0. The van der Waals surface area contributed by atoms with Gasteiger partial charge in [-0.15, -0.1) is 0 Å². The Balaban J connectivity index is 0. The van der Waals surface area contributed by atoms with Crippen LogP contribution in [-0.2, 0) is 11.3 Å². The fourth-order valence-corrected chi connectivity index (χ4v) is 2.01. The zero-order valence-corrected chi connectivity index (χ0v) is 15.3. The van der Waals surface area contributed by atoms with Crippen LogP contribution in [-0.4, -0.2) is 36.9 Å². The van der Waals surface area contributed by atoms with E-state index in [1.54, 1.807) is 0 Å². The Morgan fingerprint density at radius 1 is 0.870 bits per heavy atom. The van der Waals surface area contributed by atoms with Gasteiger partial charge in [-0.25, -0.2) is 0 Å². The fraction of sp³-hybridized carbons (Fsp3) is 0.368. The van der Waals surface area contributed by atoms with Crippen LogP contribution in [0.15, 0.2) is 66.7 Å². The van der Waals surface area contributed by atoms with Crippen molar-refractivity contribution in [1.82, 2.24) is 0 Å². The van der Waals surface area contributed by atoms with Crippen LogP contribution in [0.4, 0.5) is 0 Å². The highest BCUT2D eigenvalue weighted by atomic mass is 35.5. The van der Waals surface area contributed by atoms with Crippen LogP contribution in [0.25, 0.3) is 0 Å². The van der Waals surface area contributed by atoms with Crippen molar-refractivity contribution in [2.45, 2.75) is 26.6 Å². The van der Waals surface area contributed by atoms with Gasteiger partial charge in [0.15, 0.2) is 6.23 Å². The topological polar surface area (TPSA) is 40.7 Å². The van der Waals surface area contributed by atoms with Crippen molar-refractivity contribution in [2.24, 2.45) is 0 Å². The van der Waals surface area contributed by atoms with E-state index in [4.69, 9.17) is 4.74 Å². The van der Waals surface area contributed by atoms with Crippen molar-refractivity contribution in [3.8, 4) is 0 Å². The number of rotatable bonds is 5. The van der Waals surface area contributed by atoms with E-state index >= 15 is 0 Å². The molecule has 0 aromatic heterocycles. The zero-order chi connectivity index (χ0) is 15.6. The molecule has 1 atom stereocenters. The molecule has 0 aliphatic carbocycles. The van der Waals surface area contributed by atoms with Crippen molar-refractivity contribution in [1.29, 1.82) is 0 Å². The fourth-order valence-electron chi connectivity index (χ4n) is 2.01. The van der Waals surface area contributed by atoms with Crippen molar-refractivity contribution >= 4 is 0 Å². The molecule has 0 amide bonds. The van der Waals surface area contributed by atoms with Crippen LogP contribution in [0.2, 0.25) is 0 Å². The number of benzene rings is 2. The van der Waals surface area contributed by atoms with Gasteiger partial charge in [0, 0.05) is 12.5 Å². The Morgan fingerprint density at radius 3 is 1.65 bits per heavy atom. The molecule has 0 heterocycles. The van der Waals surface area contributed by atoms with Gasteiger partial charge in [0.05, 0.1) is 20.7 Å². The Morgan fingerprint density at radius 2 is 1.26 bits per heavy atom. The quantitative estimate of drug-likeness (QED) is 0.578. The molecule has 2 N–H and O–H groups in total. The molecule has 0 radical (unpaired) electrons. The van der Waals surface area contributed by atoms with Gasteiger partial charge < -0.3 is 22.6 Å².